The second kappa shape index (κ2) is 5.66. The van der Waals surface area contributed by atoms with Crippen LogP contribution in [0.1, 0.15) is 63.6 Å². The first-order valence-corrected chi connectivity index (χ1v) is 7.93. The van der Waals surface area contributed by atoms with Crippen molar-refractivity contribution in [2.45, 2.75) is 63.8 Å². The zero-order valence-corrected chi connectivity index (χ0v) is 12.3. The molecule has 2 aliphatic carbocycles. The predicted molar refractivity (Wildman–Crippen MR) is 78.7 cm³/mol. The monoisotopic (exact) mass is 279 g/mol. The van der Waals surface area contributed by atoms with Gasteiger partial charge in [-0.05, 0) is 31.6 Å². The van der Waals surface area contributed by atoms with Gasteiger partial charge in [0.25, 0.3) is 0 Å². The van der Waals surface area contributed by atoms with E-state index >= 15 is 0 Å². The second-order valence-electron chi connectivity index (χ2n) is 5.99. The van der Waals surface area contributed by atoms with Crippen LogP contribution in [-0.2, 0) is 0 Å². The largest absolute Gasteiger partial charge is 0.367 e. The van der Waals surface area contributed by atoms with Crippen LogP contribution < -0.4 is 5.32 Å². The van der Waals surface area contributed by atoms with Gasteiger partial charge in [-0.3, -0.25) is 0 Å². The van der Waals surface area contributed by atoms with Crippen molar-refractivity contribution in [3.8, 4) is 0 Å². The molecule has 19 heavy (non-hydrogen) atoms. The van der Waals surface area contributed by atoms with E-state index in [1.165, 1.54) is 44.9 Å². The second-order valence-corrected chi connectivity index (χ2v) is 6.38. The Morgan fingerprint density at radius 2 is 2.11 bits per heavy atom. The molecule has 0 aliphatic heterocycles. The topological polar surface area (TPSA) is 37.8 Å². The highest BCUT2D eigenvalue weighted by Gasteiger charge is 2.28. The summed E-state index contributed by atoms with van der Waals surface area (Å²) < 4.78 is 0. The number of aromatic nitrogens is 2. The molecule has 0 aromatic carbocycles. The molecule has 1 N–H and O–H groups in total. The number of hydrogen-bond acceptors (Lipinski definition) is 3. The lowest BCUT2D eigenvalue weighted by atomic mass is 9.84. The Hall–Kier alpha value is -0.830. The number of anilines is 1. The van der Waals surface area contributed by atoms with Gasteiger partial charge in [0.15, 0.2) is 0 Å². The van der Waals surface area contributed by atoms with Gasteiger partial charge in [0, 0.05) is 18.0 Å². The zero-order valence-electron chi connectivity index (χ0n) is 11.5. The minimum atomic E-state index is 0.550. The molecule has 2 fully saturated rings. The average molecular weight is 280 g/mol. The van der Waals surface area contributed by atoms with Crippen LogP contribution in [0.4, 0.5) is 5.82 Å². The van der Waals surface area contributed by atoms with E-state index in [9.17, 15) is 0 Å². The summed E-state index contributed by atoms with van der Waals surface area (Å²) in [5.74, 6) is 3.27. The van der Waals surface area contributed by atoms with Crippen LogP contribution in [0, 0.1) is 5.92 Å². The average Bonchev–Trinajstić information content (AvgIpc) is 3.22. The lowest BCUT2D eigenvalue weighted by molar-refractivity contribution is 0.327. The standard InChI is InChI=1S/C15H22ClN3/c1-2-10-4-3-5-12(8-10)17-14-9-13(16)18-15(19-14)11-6-7-11/h9-12H,2-8H2,1H3,(H,17,18,19). The fourth-order valence-corrected chi connectivity index (χ4v) is 3.23. The Labute approximate surface area is 120 Å². The highest BCUT2D eigenvalue weighted by atomic mass is 35.5. The van der Waals surface area contributed by atoms with Gasteiger partial charge in [-0.2, -0.15) is 0 Å². The third kappa shape index (κ3) is 3.38. The minimum Gasteiger partial charge on any atom is -0.367 e. The van der Waals surface area contributed by atoms with E-state index in [-0.39, 0.29) is 0 Å². The molecule has 2 aliphatic rings. The molecule has 2 unspecified atom stereocenters. The molecule has 0 saturated heterocycles. The van der Waals surface area contributed by atoms with E-state index in [1.54, 1.807) is 0 Å². The molecular weight excluding hydrogens is 258 g/mol. The van der Waals surface area contributed by atoms with Crippen molar-refractivity contribution < 1.29 is 0 Å². The Kier molecular flexibility index (Phi) is 3.92. The van der Waals surface area contributed by atoms with Crippen molar-refractivity contribution in [3.05, 3.63) is 17.0 Å². The van der Waals surface area contributed by atoms with Crippen LogP contribution in [0.3, 0.4) is 0 Å². The van der Waals surface area contributed by atoms with Crippen molar-refractivity contribution in [3.63, 3.8) is 0 Å². The van der Waals surface area contributed by atoms with Gasteiger partial charge in [0.2, 0.25) is 0 Å². The summed E-state index contributed by atoms with van der Waals surface area (Å²) >= 11 is 6.10. The van der Waals surface area contributed by atoms with Gasteiger partial charge < -0.3 is 5.32 Å². The Bertz CT molecular complexity index is 445. The van der Waals surface area contributed by atoms with E-state index < -0.39 is 0 Å². The fraction of sp³-hybridized carbons (Fsp3) is 0.733. The van der Waals surface area contributed by atoms with E-state index in [0.717, 1.165) is 17.6 Å². The first kappa shape index (κ1) is 13.2. The van der Waals surface area contributed by atoms with Crippen LogP contribution in [0.25, 0.3) is 0 Å². The summed E-state index contributed by atoms with van der Waals surface area (Å²) in [6, 6.07) is 2.42. The molecule has 3 rings (SSSR count). The highest BCUT2D eigenvalue weighted by Crippen LogP contribution is 2.39. The van der Waals surface area contributed by atoms with Crippen molar-refractivity contribution in [1.82, 2.24) is 9.97 Å². The number of halogens is 1. The van der Waals surface area contributed by atoms with Crippen LogP contribution in [0.15, 0.2) is 6.07 Å². The van der Waals surface area contributed by atoms with Gasteiger partial charge in [0.1, 0.15) is 16.8 Å². The van der Waals surface area contributed by atoms with E-state index in [0.29, 0.717) is 17.1 Å². The number of nitrogens with zero attached hydrogens (tertiary/aromatic N) is 2. The molecule has 4 heteroatoms. The molecule has 1 heterocycles. The van der Waals surface area contributed by atoms with Gasteiger partial charge in [0.05, 0.1) is 0 Å². The SMILES string of the molecule is CCC1CCCC(Nc2cc(Cl)nc(C3CC3)n2)C1. The molecule has 0 spiro atoms. The van der Waals surface area contributed by atoms with E-state index in [1.807, 2.05) is 6.07 Å². The van der Waals surface area contributed by atoms with Gasteiger partial charge in [-0.15, -0.1) is 0 Å². The lowest BCUT2D eigenvalue weighted by Crippen LogP contribution is -2.27. The fourth-order valence-electron chi connectivity index (χ4n) is 3.04. The molecule has 0 radical (unpaired) electrons. The molecular formula is C15H22ClN3. The molecule has 1 aromatic heterocycles. The number of hydrogen-bond donors (Lipinski definition) is 1. The smallest absolute Gasteiger partial charge is 0.135 e. The van der Waals surface area contributed by atoms with Crippen molar-refractivity contribution in [1.29, 1.82) is 0 Å². The maximum atomic E-state index is 6.10. The summed E-state index contributed by atoms with van der Waals surface area (Å²) in [5.41, 5.74) is 0. The maximum Gasteiger partial charge on any atom is 0.135 e. The maximum absolute atomic E-state index is 6.10. The van der Waals surface area contributed by atoms with E-state index in [2.05, 4.69) is 22.2 Å². The summed E-state index contributed by atoms with van der Waals surface area (Å²) in [7, 11) is 0. The normalized spacial score (nSPS) is 27.3. The van der Waals surface area contributed by atoms with Crippen molar-refractivity contribution >= 4 is 17.4 Å². The summed E-state index contributed by atoms with van der Waals surface area (Å²) in [4.78, 5) is 8.97. The van der Waals surface area contributed by atoms with Gasteiger partial charge in [-0.25, -0.2) is 9.97 Å². The Morgan fingerprint density at radius 3 is 2.84 bits per heavy atom. The van der Waals surface area contributed by atoms with Gasteiger partial charge >= 0.3 is 0 Å². The van der Waals surface area contributed by atoms with Crippen molar-refractivity contribution in [2.24, 2.45) is 5.92 Å². The molecule has 1 aromatic rings. The number of nitrogens with one attached hydrogen (secondary N) is 1. The molecule has 2 atom stereocenters. The lowest BCUT2D eigenvalue weighted by Gasteiger charge is -2.29. The minimum absolute atomic E-state index is 0.550. The van der Waals surface area contributed by atoms with Crippen molar-refractivity contribution in [2.75, 3.05) is 5.32 Å². The van der Waals surface area contributed by atoms with Crippen LogP contribution in [-0.4, -0.2) is 16.0 Å². The molecule has 104 valence electrons. The predicted octanol–water partition coefficient (Wildman–Crippen LogP) is 4.39. The Balaban J connectivity index is 1.68. The quantitative estimate of drug-likeness (QED) is 0.831. The summed E-state index contributed by atoms with van der Waals surface area (Å²) in [6.45, 7) is 2.29. The first-order valence-electron chi connectivity index (χ1n) is 7.55. The zero-order chi connectivity index (χ0) is 13.2. The van der Waals surface area contributed by atoms with Crippen LogP contribution in [0.2, 0.25) is 5.15 Å². The highest BCUT2D eigenvalue weighted by molar-refractivity contribution is 6.29. The number of rotatable bonds is 4. The van der Waals surface area contributed by atoms with E-state index in [4.69, 9.17) is 11.6 Å². The van der Waals surface area contributed by atoms with Crippen LogP contribution in [0.5, 0.6) is 0 Å². The summed E-state index contributed by atoms with van der Waals surface area (Å²) in [5, 5.41) is 4.15. The first-order chi connectivity index (χ1) is 9.24. The van der Waals surface area contributed by atoms with Crippen LogP contribution >= 0.6 is 11.6 Å². The third-order valence-corrected chi connectivity index (χ3v) is 4.56. The molecule has 0 amide bonds. The third-order valence-electron chi connectivity index (χ3n) is 4.37. The van der Waals surface area contributed by atoms with Gasteiger partial charge in [-0.1, -0.05) is 37.8 Å². The molecule has 0 bridgehead atoms. The Morgan fingerprint density at radius 1 is 1.26 bits per heavy atom. The molecule has 2 saturated carbocycles. The molecule has 3 nitrogen and oxygen atoms in total. The summed E-state index contributed by atoms with van der Waals surface area (Å²) in [6.07, 6.45) is 8.92.